The van der Waals surface area contributed by atoms with E-state index in [2.05, 4.69) is 33.0 Å². The zero-order chi connectivity index (χ0) is 11.0. The first-order chi connectivity index (χ1) is 6.63. The second-order valence-corrected chi connectivity index (χ2v) is 4.40. The van der Waals surface area contributed by atoms with Gasteiger partial charge >= 0.3 is 0 Å². The number of rotatable bonds is 8. The van der Waals surface area contributed by atoms with Crippen molar-refractivity contribution in [2.75, 3.05) is 20.3 Å². The van der Waals surface area contributed by atoms with E-state index in [1.54, 1.807) is 7.11 Å². The first kappa shape index (κ1) is 13.9. The molecule has 0 aliphatic rings. The van der Waals surface area contributed by atoms with Crippen LogP contribution in [-0.2, 0) is 4.74 Å². The third-order valence-electron chi connectivity index (χ3n) is 3.02. The summed E-state index contributed by atoms with van der Waals surface area (Å²) in [6, 6.07) is 0.648. The van der Waals surface area contributed by atoms with E-state index < -0.39 is 0 Å². The molecule has 0 aliphatic heterocycles. The number of hydrogen-bond donors (Lipinski definition) is 1. The van der Waals surface area contributed by atoms with Crippen molar-refractivity contribution in [3.05, 3.63) is 0 Å². The van der Waals surface area contributed by atoms with Crippen LogP contribution in [-0.4, -0.2) is 26.3 Å². The highest BCUT2D eigenvalue weighted by molar-refractivity contribution is 4.75. The monoisotopic (exact) mass is 201 g/mol. The maximum absolute atomic E-state index is 5.08. The van der Waals surface area contributed by atoms with Crippen LogP contribution in [0.25, 0.3) is 0 Å². The number of hydrogen-bond acceptors (Lipinski definition) is 2. The van der Waals surface area contributed by atoms with Gasteiger partial charge in [0, 0.05) is 19.8 Å². The van der Waals surface area contributed by atoms with Crippen molar-refractivity contribution in [2.24, 2.45) is 11.8 Å². The summed E-state index contributed by atoms with van der Waals surface area (Å²) in [5.74, 6) is 1.49. The first-order valence-electron chi connectivity index (χ1n) is 5.85. The predicted octanol–water partition coefficient (Wildman–Crippen LogP) is 2.68. The summed E-state index contributed by atoms with van der Waals surface area (Å²) in [7, 11) is 1.77. The van der Waals surface area contributed by atoms with Gasteiger partial charge in [-0.15, -0.1) is 0 Å². The second-order valence-electron chi connectivity index (χ2n) is 4.40. The highest BCUT2D eigenvalue weighted by atomic mass is 16.5. The number of ether oxygens (including phenoxy) is 1. The molecule has 86 valence electrons. The molecule has 0 aromatic rings. The Kier molecular flexibility index (Phi) is 8.20. The minimum absolute atomic E-state index is 0.648. The van der Waals surface area contributed by atoms with Gasteiger partial charge in [-0.25, -0.2) is 0 Å². The Balaban J connectivity index is 3.87. The lowest BCUT2D eigenvalue weighted by Gasteiger charge is -2.27. The van der Waals surface area contributed by atoms with Gasteiger partial charge in [-0.3, -0.25) is 0 Å². The van der Waals surface area contributed by atoms with E-state index in [1.165, 1.54) is 6.42 Å². The molecule has 14 heavy (non-hydrogen) atoms. The molecule has 0 heterocycles. The Morgan fingerprint density at radius 2 is 1.86 bits per heavy atom. The van der Waals surface area contributed by atoms with E-state index in [-0.39, 0.29) is 0 Å². The van der Waals surface area contributed by atoms with Crippen LogP contribution in [0.1, 0.15) is 40.5 Å². The first-order valence-corrected chi connectivity index (χ1v) is 5.85. The highest BCUT2D eigenvalue weighted by Crippen LogP contribution is 2.18. The van der Waals surface area contributed by atoms with Crippen molar-refractivity contribution in [1.29, 1.82) is 0 Å². The molecule has 0 saturated carbocycles. The molecule has 0 aromatic heterocycles. The van der Waals surface area contributed by atoms with Crippen LogP contribution in [0.2, 0.25) is 0 Å². The van der Waals surface area contributed by atoms with Gasteiger partial charge in [0.05, 0.1) is 0 Å². The normalized spacial score (nSPS) is 15.9. The SMILES string of the molecule is CCNC(CCCOC)C(C)C(C)C. The maximum atomic E-state index is 5.08. The summed E-state index contributed by atoms with van der Waals surface area (Å²) in [4.78, 5) is 0. The van der Waals surface area contributed by atoms with Crippen LogP contribution in [0.4, 0.5) is 0 Å². The third kappa shape index (κ3) is 5.61. The van der Waals surface area contributed by atoms with Gasteiger partial charge in [0.25, 0.3) is 0 Å². The van der Waals surface area contributed by atoms with Gasteiger partial charge in [-0.2, -0.15) is 0 Å². The zero-order valence-electron chi connectivity index (χ0n) is 10.5. The lowest BCUT2D eigenvalue weighted by Crippen LogP contribution is -2.37. The Hall–Kier alpha value is -0.0800. The van der Waals surface area contributed by atoms with Crippen LogP contribution in [0, 0.1) is 11.8 Å². The van der Waals surface area contributed by atoms with Crippen molar-refractivity contribution in [2.45, 2.75) is 46.6 Å². The molecule has 0 saturated heterocycles. The van der Waals surface area contributed by atoms with E-state index in [0.29, 0.717) is 6.04 Å². The van der Waals surface area contributed by atoms with Crippen LogP contribution in [0.3, 0.4) is 0 Å². The lowest BCUT2D eigenvalue weighted by atomic mass is 9.88. The van der Waals surface area contributed by atoms with Crippen LogP contribution < -0.4 is 5.32 Å². The van der Waals surface area contributed by atoms with Gasteiger partial charge < -0.3 is 10.1 Å². The van der Waals surface area contributed by atoms with Crippen molar-refractivity contribution in [3.63, 3.8) is 0 Å². The second kappa shape index (κ2) is 8.25. The predicted molar refractivity (Wildman–Crippen MR) is 62.6 cm³/mol. The molecule has 1 N–H and O–H groups in total. The van der Waals surface area contributed by atoms with Crippen LogP contribution in [0.5, 0.6) is 0 Å². The van der Waals surface area contributed by atoms with E-state index >= 15 is 0 Å². The summed E-state index contributed by atoms with van der Waals surface area (Å²) in [5.41, 5.74) is 0. The van der Waals surface area contributed by atoms with Gasteiger partial charge in [0.1, 0.15) is 0 Å². The highest BCUT2D eigenvalue weighted by Gasteiger charge is 2.18. The van der Waals surface area contributed by atoms with Crippen molar-refractivity contribution in [1.82, 2.24) is 5.32 Å². The fourth-order valence-corrected chi connectivity index (χ4v) is 1.73. The molecular formula is C12H27NO. The minimum Gasteiger partial charge on any atom is -0.385 e. The molecule has 2 heteroatoms. The zero-order valence-corrected chi connectivity index (χ0v) is 10.5. The van der Waals surface area contributed by atoms with Gasteiger partial charge in [-0.1, -0.05) is 27.7 Å². The average Bonchev–Trinajstić information content (AvgIpc) is 2.15. The van der Waals surface area contributed by atoms with Crippen LogP contribution >= 0.6 is 0 Å². The van der Waals surface area contributed by atoms with Crippen molar-refractivity contribution < 1.29 is 4.74 Å². The Morgan fingerprint density at radius 3 is 2.29 bits per heavy atom. The smallest absolute Gasteiger partial charge is 0.0462 e. The lowest BCUT2D eigenvalue weighted by molar-refractivity contribution is 0.180. The fourth-order valence-electron chi connectivity index (χ4n) is 1.73. The molecule has 0 amide bonds. The molecule has 2 nitrogen and oxygen atoms in total. The molecule has 2 unspecified atom stereocenters. The standard InChI is InChI=1S/C12H27NO/c1-6-13-12(8-7-9-14-5)11(4)10(2)3/h10-13H,6-9H2,1-5H3. The van der Waals surface area contributed by atoms with E-state index in [0.717, 1.165) is 31.4 Å². The number of methoxy groups -OCH3 is 1. The van der Waals surface area contributed by atoms with Gasteiger partial charge in [0.15, 0.2) is 0 Å². The Bertz CT molecular complexity index is 125. The molecule has 0 fully saturated rings. The van der Waals surface area contributed by atoms with Gasteiger partial charge in [-0.05, 0) is 31.2 Å². The minimum atomic E-state index is 0.648. The van der Waals surface area contributed by atoms with E-state index in [9.17, 15) is 0 Å². The topological polar surface area (TPSA) is 21.3 Å². The molecule has 0 aromatic carbocycles. The molecule has 2 atom stereocenters. The van der Waals surface area contributed by atoms with Crippen molar-refractivity contribution >= 4 is 0 Å². The summed E-state index contributed by atoms with van der Waals surface area (Å²) in [6.45, 7) is 11.1. The fraction of sp³-hybridized carbons (Fsp3) is 1.00. The van der Waals surface area contributed by atoms with Crippen molar-refractivity contribution in [3.8, 4) is 0 Å². The Morgan fingerprint density at radius 1 is 1.21 bits per heavy atom. The van der Waals surface area contributed by atoms with Crippen LogP contribution in [0.15, 0.2) is 0 Å². The molecule has 0 aliphatic carbocycles. The quantitative estimate of drug-likeness (QED) is 0.610. The average molecular weight is 201 g/mol. The molecule has 0 radical (unpaired) electrons. The van der Waals surface area contributed by atoms with E-state index in [1.807, 2.05) is 0 Å². The molecule has 0 spiro atoms. The summed E-state index contributed by atoms with van der Waals surface area (Å²) in [6.07, 6.45) is 2.38. The van der Waals surface area contributed by atoms with E-state index in [4.69, 9.17) is 4.74 Å². The largest absolute Gasteiger partial charge is 0.385 e. The molecule has 0 rings (SSSR count). The Labute approximate surface area is 89.4 Å². The third-order valence-corrected chi connectivity index (χ3v) is 3.02. The summed E-state index contributed by atoms with van der Waals surface area (Å²) in [5, 5.41) is 3.57. The van der Waals surface area contributed by atoms with Gasteiger partial charge in [0.2, 0.25) is 0 Å². The molecular weight excluding hydrogens is 174 g/mol. The number of nitrogens with one attached hydrogen (secondary N) is 1. The maximum Gasteiger partial charge on any atom is 0.0462 e. The molecule has 0 bridgehead atoms. The summed E-state index contributed by atoms with van der Waals surface area (Å²) < 4.78 is 5.08. The summed E-state index contributed by atoms with van der Waals surface area (Å²) >= 11 is 0.